The van der Waals surface area contributed by atoms with Gasteiger partial charge in [0.1, 0.15) is 5.92 Å². The summed E-state index contributed by atoms with van der Waals surface area (Å²) in [5.74, 6) is -0.746. The number of methoxy groups -OCH3 is 2. The Balaban J connectivity index is 1.94. The SMILES string of the molecule is COc1cc2c(cc1OC)[C@H]1[C@@H](C(=O)O)c3ccccc3C(=O)N1CC2. The number of nitrogens with zero attached hydrogens (tertiary/aromatic N) is 1. The van der Waals surface area contributed by atoms with Crippen LogP contribution >= 0.6 is 0 Å². The molecule has 0 aliphatic carbocycles. The Morgan fingerprint density at radius 2 is 1.81 bits per heavy atom. The van der Waals surface area contributed by atoms with Gasteiger partial charge in [-0.05, 0) is 41.3 Å². The number of benzene rings is 2. The molecule has 26 heavy (non-hydrogen) atoms. The molecule has 0 saturated heterocycles. The third-order valence-corrected chi connectivity index (χ3v) is 5.29. The van der Waals surface area contributed by atoms with E-state index in [0.717, 1.165) is 11.1 Å². The zero-order valence-electron chi connectivity index (χ0n) is 14.6. The summed E-state index contributed by atoms with van der Waals surface area (Å²) >= 11 is 0. The van der Waals surface area contributed by atoms with Gasteiger partial charge in [0.15, 0.2) is 11.5 Å². The standard InChI is InChI=1S/C20H19NO5/c1-25-15-9-11-7-8-21-18(14(11)10-16(15)26-2)17(20(23)24)12-5-3-4-6-13(12)19(21)22/h3-6,9-10,17-18H,7-8H2,1-2H3,(H,23,24)/t17-,18-/m0/s1. The summed E-state index contributed by atoms with van der Waals surface area (Å²) in [6.07, 6.45) is 0.645. The van der Waals surface area contributed by atoms with Gasteiger partial charge in [-0.25, -0.2) is 0 Å². The number of carboxylic acid groups (broad SMARTS) is 1. The molecule has 4 rings (SSSR count). The molecule has 0 radical (unpaired) electrons. The quantitative estimate of drug-likeness (QED) is 0.918. The molecule has 1 N–H and O–H groups in total. The Hall–Kier alpha value is -3.02. The van der Waals surface area contributed by atoms with E-state index in [2.05, 4.69) is 0 Å². The van der Waals surface area contributed by atoms with Crippen LogP contribution in [0.4, 0.5) is 0 Å². The van der Waals surface area contributed by atoms with Gasteiger partial charge >= 0.3 is 5.97 Å². The monoisotopic (exact) mass is 353 g/mol. The number of carboxylic acids is 1. The normalized spacial score (nSPS) is 20.7. The van der Waals surface area contributed by atoms with Crippen molar-refractivity contribution in [3.8, 4) is 11.5 Å². The second-order valence-electron chi connectivity index (χ2n) is 6.50. The van der Waals surface area contributed by atoms with Gasteiger partial charge in [-0.1, -0.05) is 18.2 Å². The molecule has 2 aromatic carbocycles. The minimum absolute atomic E-state index is 0.122. The lowest BCUT2D eigenvalue weighted by Crippen LogP contribution is -2.48. The van der Waals surface area contributed by atoms with Crippen molar-refractivity contribution in [1.82, 2.24) is 4.90 Å². The summed E-state index contributed by atoms with van der Waals surface area (Å²) in [4.78, 5) is 26.8. The van der Waals surface area contributed by atoms with Gasteiger partial charge in [-0.15, -0.1) is 0 Å². The largest absolute Gasteiger partial charge is 0.493 e. The van der Waals surface area contributed by atoms with Crippen molar-refractivity contribution in [3.63, 3.8) is 0 Å². The number of ether oxygens (including phenoxy) is 2. The highest BCUT2D eigenvalue weighted by Gasteiger charge is 2.46. The molecule has 2 aliphatic heterocycles. The molecule has 2 atom stereocenters. The second-order valence-corrected chi connectivity index (χ2v) is 6.50. The first kappa shape index (κ1) is 16.4. The van der Waals surface area contributed by atoms with Gasteiger partial charge in [0.2, 0.25) is 0 Å². The molecule has 0 saturated carbocycles. The lowest BCUT2D eigenvalue weighted by molar-refractivity contribution is -0.140. The molecular formula is C20H19NO5. The summed E-state index contributed by atoms with van der Waals surface area (Å²) in [5.41, 5.74) is 2.83. The molecule has 0 bridgehead atoms. The highest BCUT2D eigenvalue weighted by atomic mass is 16.5. The van der Waals surface area contributed by atoms with Crippen LogP contribution in [-0.4, -0.2) is 42.6 Å². The third-order valence-electron chi connectivity index (χ3n) is 5.29. The number of amides is 1. The Labute approximate surface area is 151 Å². The predicted molar refractivity (Wildman–Crippen MR) is 93.8 cm³/mol. The Morgan fingerprint density at radius 1 is 1.12 bits per heavy atom. The average molecular weight is 353 g/mol. The summed E-state index contributed by atoms with van der Waals surface area (Å²) in [7, 11) is 3.11. The number of carbonyl (C=O) groups excluding carboxylic acids is 1. The minimum atomic E-state index is -0.942. The van der Waals surface area contributed by atoms with Gasteiger partial charge in [-0.3, -0.25) is 9.59 Å². The Kier molecular flexibility index (Phi) is 3.83. The molecule has 0 aromatic heterocycles. The van der Waals surface area contributed by atoms with E-state index in [1.807, 2.05) is 12.1 Å². The first-order valence-electron chi connectivity index (χ1n) is 8.44. The number of hydrogen-bond donors (Lipinski definition) is 1. The van der Waals surface area contributed by atoms with Crippen LogP contribution in [0.2, 0.25) is 0 Å². The smallest absolute Gasteiger partial charge is 0.313 e. The number of carbonyl (C=O) groups is 2. The average Bonchev–Trinajstić information content (AvgIpc) is 2.66. The molecule has 134 valence electrons. The highest BCUT2D eigenvalue weighted by Crippen LogP contribution is 2.48. The van der Waals surface area contributed by atoms with Gasteiger partial charge in [0.25, 0.3) is 5.91 Å². The molecular weight excluding hydrogens is 334 g/mol. The Morgan fingerprint density at radius 3 is 2.50 bits per heavy atom. The topological polar surface area (TPSA) is 76.1 Å². The summed E-state index contributed by atoms with van der Waals surface area (Å²) in [5, 5.41) is 9.97. The molecule has 0 spiro atoms. The van der Waals surface area contributed by atoms with Crippen LogP contribution in [0.15, 0.2) is 36.4 Å². The number of fused-ring (bicyclic) bond motifs is 4. The first-order valence-corrected chi connectivity index (χ1v) is 8.44. The van der Waals surface area contributed by atoms with E-state index >= 15 is 0 Å². The van der Waals surface area contributed by atoms with E-state index in [-0.39, 0.29) is 5.91 Å². The predicted octanol–water partition coefficient (Wildman–Crippen LogP) is 2.63. The van der Waals surface area contributed by atoms with Crippen molar-refractivity contribution < 1.29 is 24.2 Å². The van der Waals surface area contributed by atoms with Crippen LogP contribution in [0.25, 0.3) is 0 Å². The van der Waals surface area contributed by atoms with E-state index < -0.39 is 17.9 Å². The van der Waals surface area contributed by atoms with Gasteiger partial charge in [-0.2, -0.15) is 0 Å². The van der Waals surface area contributed by atoms with Crippen molar-refractivity contribution in [2.24, 2.45) is 0 Å². The fourth-order valence-electron chi connectivity index (χ4n) is 4.12. The first-order chi connectivity index (χ1) is 12.6. The maximum atomic E-state index is 13.0. The van der Waals surface area contributed by atoms with E-state index in [1.54, 1.807) is 43.4 Å². The fourth-order valence-corrected chi connectivity index (χ4v) is 4.12. The molecule has 0 fully saturated rings. The number of aliphatic carboxylic acids is 1. The lowest BCUT2D eigenvalue weighted by atomic mass is 9.76. The van der Waals surface area contributed by atoms with Crippen LogP contribution in [0.3, 0.4) is 0 Å². The van der Waals surface area contributed by atoms with Crippen molar-refractivity contribution in [2.75, 3.05) is 20.8 Å². The lowest BCUT2D eigenvalue weighted by Gasteiger charge is -2.44. The van der Waals surface area contributed by atoms with Crippen molar-refractivity contribution >= 4 is 11.9 Å². The zero-order valence-corrected chi connectivity index (χ0v) is 14.6. The van der Waals surface area contributed by atoms with E-state index in [4.69, 9.17) is 9.47 Å². The van der Waals surface area contributed by atoms with Crippen LogP contribution in [0.5, 0.6) is 11.5 Å². The zero-order chi connectivity index (χ0) is 18.4. The van der Waals surface area contributed by atoms with Crippen molar-refractivity contribution in [1.29, 1.82) is 0 Å². The summed E-state index contributed by atoms with van der Waals surface area (Å²) < 4.78 is 10.8. The van der Waals surface area contributed by atoms with Crippen molar-refractivity contribution in [2.45, 2.75) is 18.4 Å². The van der Waals surface area contributed by atoms with Crippen LogP contribution < -0.4 is 9.47 Å². The molecule has 1 amide bonds. The maximum Gasteiger partial charge on any atom is 0.313 e. The summed E-state index contributed by atoms with van der Waals surface area (Å²) in [6.45, 7) is 0.476. The van der Waals surface area contributed by atoms with E-state index in [0.29, 0.717) is 35.6 Å². The van der Waals surface area contributed by atoms with Crippen LogP contribution in [0.1, 0.15) is 39.0 Å². The molecule has 2 aliphatic rings. The molecule has 0 unspecified atom stereocenters. The highest BCUT2D eigenvalue weighted by molar-refractivity contribution is 6.00. The Bertz CT molecular complexity index is 907. The van der Waals surface area contributed by atoms with Crippen LogP contribution in [-0.2, 0) is 11.2 Å². The summed E-state index contributed by atoms with van der Waals surface area (Å²) in [6, 6.07) is 10.1. The van der Waals surface area contributed by atoms with E-state index in [9.17, 15) is 14.7 Å². The van der Waals surface area contributed by atoms with Gasteiger partial charge < -0.3 is 19.5 Å². The molecule has 2 aromatic rings. The number of rotatable bonds is 3. The maximum absolute atomic E-state index is 13.0. The molecule has 2 heterocycles. The number of hydrogen-bond acceptors (Lipinski definition) is 4. The fraction of sp³-hybridized carbons (Fsp3) is 0.300. The van der Waals surface area contributed by atoms with E-state index in [1.165, 1.54) is 0 Å². The van der Waals surface area contributed by atoms with Crippen molar-refractivity contribution in [3.05, 3.63) is 58.7 Å². The van der Waals surface area contributed by atoms with Crippen LogP contribution in [0, 0.1) is 0 Å². The minimum Gasteiger partial charge on any atom is -0.493 e. The van der Waals surface area contributed by atoms with Gasteiger partial charge in [0, 0.05) is 12.1 Å². The second kappa shape index (κ2) is 6.05. The molecule has 6 nitrogen and oxygen atoms in total. The van der Waals surface area contributed by atoms with Gasteiger partial charge in [0.05, 0.1) is 20.3 Å². The molecule has 6 heteroatoms. The third kappa shape index (κ3) is 2.25.